The number of nitrogens with zero attached hydrogens (tertiary/aromatic N) is 2. The molecule has 3 rings (SSSR count). The number of halogens is 1. The van der Waals surface area contributed by atoms with Gasteiger partial charge in [0.15, 0.2) is 5.96 Å². The Kier molecular flexibility index (Phi) is 4.28. The number of fused-ring (bicyclic) bond motifs is 1. The molecular formula is C18H19FN4. The summed E-state index contributed by atoms with van der Waals surface area (Å²) in [6.07, 6.45) is 2.89. The van der Waals surface area contributed by atoms with E-state index in [4.69, 9.17) is 11.5 Å². The van der Waals surface area contributed by atoms with Crippen LogP contribution >= 0.6 is 0 Å². The van der Waals surface area contributed by atoms with Gasteiger partial charge in [0.2, 0.25) is 0 Å². The van der Waals surface area contributed by atoms with Gasteiger partial charge < -0.3 is 16.0 Å². The molecule has 4 N–H and O–H groups in total. The number of aromatic nitrogens is 1. The molecular weight excluding hydrogens is 291 g/mol. The molecule has 0 atom stereocenters. The molecule has 0 aliphatic rings. The second-order valence-corrected chi connectivity index (χ2v) is 5.48. The molecule has 0 saturated heterocycles. The van der Waals surface area contributed by atoms with Crippen molar-refractivity contribution in [2.75, 3.05) is 6.54 Å². The number of guanidine groups is 1. The summed E-state index contributed by atoms with van der Waals surface area (Å²) in [6, 6.07) is 14.8. The first kappa shape index (κ1) is 15.1. The zero-order valence-corrected chi connectivity index (χ0v) is 12.7. The minimum atomic E-state index is -0.218. The maximum Gasteiger partial charge on any atom is 0.185 e. The zero-order valence-electron chi connectivity index (χ0n) is 12.7. The fourth-order valence-electron chi connectivity index (χ4n) is 2.74. The molecule has 0 aliphatic carbocycles. The Hall–Kier alpha value is -2.82. The van der Waals surface area contributed by atoms with Crippen LogP contribution in [0.4, 0.5) is 4.39 Å². The smallest absolute Gasteiger partial charge is 0.185 e. The molecule has 1 aromatic heterocycles. The highest BCUT2D eigenvalue weighted by Gasteiger charge is 2.08. The fourth-order valence-corrected chi connectivity index (χ4v) is 2.74. The third kappa shape index (κ3) is 3.51. The van der Waals surface area contributed by atoms with Crippen molar-refractivity contribution in [1.29, 1.82) is 0 Å². The normalized spacial score (nSPS) is 10.8. The van der Waals surface area contributed by atoms with Gasteiger partial charge in [-0.2, -0.15) is 0 Å². The summed E-state index contributed by atoms with van der Waals surface area (Å²) in [5, 5.41) is 1.19. The summed E-state index contributed by atoms with van der Waals surface area (Å²) in [6.45, 7) is 1.26. The van der Waals surface area contributed by atoms with Crippen LogP contribution in [0.1, 0.15) is 11.1 Å². The van der Waals surface area contributed by atoms with Gasteiger partial charge >= 0.3 is 0 Å². The Morgan fingerprint density at radius 1 is 1.04 bits per heavy atom. The van der Waals surface area contributed by atoms with Gasteiger partial charge in [0, 0.05) is 30.2 Å². The highest BCUT2D eigenvalue weighted by Crippen LogP contribution is 2.23. The first-order chi connectivity index (χ1) is 11.1. The van der Waals surface area contributed by atoms with Gasteiger partial charge in [-0.05, 0) is 35.7 Å². The molecule has 3 aromatic rings. The minimum Gasteiger partial charge on any atom is -0.370 e. The van der Waals surface area contributed by atoms with E-state index in [9.17, 15) is 4.39 Å². The van der Waals surface area contributed by atoms with Gasteiger partial charge in [-0.3, -0.25) is 4.99 Å². The minimum absolute atomic E-state index is 0.111. The molecule has 1 heterocycles. The highest BCUT2D eigenvalue weighted by atomic mass is 19.1. The predicted octanol–water partition coefficient (Wildman–Crippen LogP) is 2.64. The van der Waals surface area contributed by atoms with E-state index in [1.807, 2.05) is 24.3 Å². The van der Waals surface area contributed by atoms with Crippen LogP contribution in [-0.4, -0.2) is 17.1 Å². The maximum absolute atomic E-state index is 13.0. The van der Waals surface area contributed by atoms with Crippen molar-refractivity contribution in [3.05, 3.63) is 71.7 Å². The number of benzene rings is 2. The van der Waals surface area contributed by atoms with Crippen LogP contribution in [0.15, 0.2) is 59.7 Å². The van der Waals surface area contributed by atoms with Gasteiger partial charge in [0.25, 0.3) is 0 Å². The SMILES string of the molecule is NC(N)=NCCc1cn(Cc2ccc(F)cc2)c2ccccc12. The van der Waals surface area contributed by atoms with Crippen LogP contribution in [0.5, 0.6) is 0 Å². The Bertz CT molecular complexity index is 830. The molecule has 2 aromatic carbocycles. The largest absolute Gasteiger partial charge is 0.370 e. The topological polar surface area (TPSA) is 69.3 Å². The van der Waals surface area contributed by atoms with Crippen molar-refractivity contribution >= 4 is 16.9 Å². The summed E-state index contributed by atoms with van der Waals surface area (Å²) >= 11 is 0. The fraction of sp³-hybridized carbons (Fsp3) is 0.167. The van der Waals surface area contributed by atoms with Gasteiger partial charge in [-0.1, -0.05) is 30.3 Å². The third-order valence-electron chi connectivity index (χ3n) is 3.81. The Labute approximate surface area is 134 Å². The van der Waals surface area contributed by atoms with Crippen molar-refractivity contribution < 1.29 is 4.39 Å². The lowest BCUT2D eigenvalue weighted by Crippen LogP contribution is -2.23. The van der Waals surface area contributed by atoms with Crippen LogP contribution in [0, 0.1) is 5.82 Å². The summed E-state index contributed by atoms with van der Waals surface area (Å²) in [5.74, 6) is -0.107. The molecule has 5 heteroatoms. The number of aliphatic imine (C=N–C) groups is 1. The van der Waals surface area contributed by atoms with Crippen molar-refractivity contribution in [2.45, 2.75) is 13.0 Å². The van der Waals surface area contributed by atoms with Crippen LogP contribution in [-0.2, 0) is 13.0 Å². The van der Waals surface area contributed by atoms with E-state index in [2.05, 4.69) is 27.9 Å². The molecule has 23 heavy (non-hydrogen) atoms. The summed E-state index contributed by atoms with van der Waals surface area (Å²) in [4.78, 5) is 4.05. The number of hydrogen-bond donors (Lipinski definition) is 2. The van der Waals surface area contributed by atoms with Crippen LogP contribution in [0.25, 0.3) is 10.9 Å². The number of para-hydroxylation sites is 1. The molecule has 118 valence electrons. The van der Waals surface area contributed by atoms with E-state index in [-0.39, 0.29) is 11.8 Å². The second-order valence-electron chi connectivity index (χ2n) is 5.48. The second kappa shape index (κ2) is 6.52. The molecule has 0 radical (unpaired) electrons. The molecule has 0 amide bonds. The number of nitrogens with two attached hydrogens (primary N) is 2. The lowest BCUT2D eigenvalue weighted by molar-refractivity contribution is 0.626. The summed E-state index contributed by atoms with van der Waals surface area (Å²) in [7, 11) is 0. The van der Waals surface area contributed by atoms with Crippen molar-refractivity contribution in [3.8, 4) is 0 Å². The summed E-state index contributed by atoms with van der Waals surface area (Å²) < 4.78 is 15.2. The molecule has 0 fully saturated rings. The van der Waals surface area contributed by atoms with Gasteiger partial charge in [-0.25, -0.2) is 4.39 Å². The van der Waals surface area contributed by atoms with Crippen LogP contribution in [0.3, 0.4) is 0 Å². The van der Waals surface area contributed by atoms with E-state index < -0.39 is 0 Å². The van der Waals surface area contributed by atoms with Crippen molar-refractivity contribution in [1.82, 2.24) is 4.57 Å². The molecule has 0 aliphatic heterocycles. The standard InChI is InChI=1S/C18H19FN4/c19-15-7-5-13(6-8-15)11-23-12-14(9-10-22-18(20)21)16-3-1-2-4-17(16)23/h1-8,12H,9-11H2,(H4,20,21,22). The van der Waals surface area contributed by atoms with E-state index in [1.165, 1.54) is 23.1 Å². The van der Waals surface area contributed by atoms with E-state index in [1.54, 1.807) is 0 Å². The Balaban J connectivity index is 1.90. The first-order valence-corrected chi connectivity index (χ1v) is 7.50. The van der Waals surface area contributed by atoms with Crippen molar-refractivity contribution in [3.63, 3.8) is 0 Å². The third-order valence-corrected chi connectivity index (χ3v) is 3.81. The lowest BCUT2D eigenvalue weighted by atomic mass is 10.1. The quantitative estimate of drug-likeness (QED) is 0.562. The van der Waals surface area contributed by atoms with Crippen LogP contribution < -0.4 is 11.5 Å². The highest BCUT2D eigenvalue weighted by molar-refractivity contribution is 5.84. The Morgan fingerprint density at radius 3 is 2.52 bits per heavy atom. The van der Waals surface area contributed by atoms with Gasteiger partial charge in [0.1, 0.15) is 5.82 Å². The van der Waals surface area contributed by atoms with Crippen molar-refractivity contribution in [2.24, 2.45) is 16.5 Å². The first-order valence-electron chi connectivity index (χ1n) is 7.50. The molecule has 0 spiro atoms. The average Bonchev–Trinajstić information content (AvgIpc) is 2.88. The van der Waals surface area contributed by atoms with Gasteiger partial charge in [0.05, 0.1) is 0 Å². The average molecular weight is 310 g/mol. The molecule has 0 saturated carbocycles. The maximum atomic E-state index is 13.0. The van der Waals surface area contributed by atoms with E-state index in [0.29, 0.717) is 13.1 Å². The molecule has 0 bridgehead atoms. The molecule has 4 nitrogen and oxygen atoms in total. The van der Waals surface area contributed by atoms with Crippen LogP contribution in [0.2, 0.25) is 0 Å². The molecule has 0 unspecified atom stereocenters. The Morgan fingerprint density at radius 2 is 1.78 bits per heavy atom. The van der Waals surface area contributed by atoms with E-state index >= 15 is 0 Å². The van der Waals surface area contributed by atoms with Gasteiger partial charge in [-0.15, -0.1) is 0 Å². The monoisotopic (exact) mass is 310 g/mol. The lowest BCUT2D eigenvalue weighted by Gasteiger charge is -2.05. The number of rotatable bonds is 5. The summed E-state index contributed by atoms with van der Waals surface area (Å²) in [5.41, 5.74) is 14.2. The van der Waals surface area contributed by atoms with E-state index in [0.717, 1.165) is 17.5 Å². The number of hydrogen-bond acceptors (Lipinski definition) is 1. The predicted molar refractivity (Wildman–Crippen MR) is 91.8 cm³/mol. The zero-order chi connectivity index (χ0) is 16.2.